The maximum absolute atomic E-state index is 9.82. The lowest BCUT2D eigenvalue weighted by Crippen LogP contribution is -2.64. The van der Waals surface area contributed by atoms with Crippen molar-refractivity contribution in [3.63, 3.8) is 0 Å². The lowest BCUT2D eigenvalue weighted by Gasteiger charge is -2.52. The average Bonchev–Trinajstić information content (AvgIpc) is 2.70. The molecule has 0 aromatic carbocycles. The molecule has 1 spiro atoms. The zero-order valence-electron chi connectivity index (χ0n) is 12.0. The number of nitrogens with zero attached hydrogens (tertiary/aromatic N) is 1. The van der Waals surface area contributed by atoms with Crippen LogP contribution in [0.4, 0.5) is 0 Å². The van der Waals surface area contributed by atoms with Crippen molar-refractivity contribution in [2.24, 2.45) is 5.41 Å². The van der Waals surface area contributed by atoms with E-state index in [0.29, 0.717) is 19.3 Å². The van der Waals surface area contributed by atoms with Gasteiger partial charge in [0, 0.05) is 20.6 Å². The number of fused-ring (bicyclic) bond motifs is 3. The van der Waals surface area contributed by atoms with E-state index in [0.717, 1.165) is 19.3 Å². The smallest absolute Gasteiger partial charge is 0.227 e. The highest BCUT2D eigenvalue weighted by molar-refractivity contribution is 5.18. The summed E-state index contributed by atoms with van der Waals surface area (Å²) in [5, 5.41) is 9.82. The van der Waals surface area contributed by atoms with Crippen molar-refractivity contribution in [2.75, 3.05) is 20.8 Å². The number of hydrogen-bond acceptors (Lipinski definition) is 6. The maximum Gasteiger partial charge on any atom is 0.227 e. The fourth-order valence-corrected chi connectivity index (χ4v) is 3.87. The Labute approximate surface area is 118 Å². The van der Waals surface area contributed by atoms with Gasteiger partial charge in [0.2, 0.25) is 5.79 Å². The molecule has 0 amide bonds. The van der Waals surface area contributed by atoms with Crippen LogP contribution >= 0.6 is 0 Å². The summed E-state index contributed by atoms with van der Waals surface area (Å²) >= 11 is 0. The maximum atomic E-state index is 9.82. The lowest BCUT2D eigenvalue weighted by atomic mass is 9.61. The highest BCUT2D eigenvalue weighted by atomic mass is 17.3. The first-order valence-electron chi connectivity index (χ1n) is 7.14. The minimum atomic E-state index is -0.970. The molecule has 3 aliphatic heterocycles. The van der Waals surface area contributed by atoms with Crippen LogP contribution in [0, 0.1) is 16.7 Å². The Morgan fingerprint density at radius 3 is 2.65 bits per heavy atom. The average molecular weight is 283 g/mol. The molecule has 3 saturated heterocycles. The SMILES string of the molecule is COC[C@]12CC[C@@]3(C#N)CCCC[C@@]3(OO1)[C@@H](OC)O2. The van der Waals surface area contributed by atoms with Crippen LogP contribution < -0.4 is 0 Å². The van der Waals surface area contributed by atoms with Gasteiger partial charge in [-0.1, -0.05) is 12.8 Å². The zero-order valence-corrected chi connectivity index (χ0v) is 12.0. The van der Waals surface area contributed by atoms with Gasteiger partial charge >= 0.3 is 0 Å². The molecule has 0 unspecified atom stereocenters. The predicted octanol–water partition coefficient (Wildman–Crippen LogP) is 1.90. The summed E-state index contributed by atoms with van der Waals surface area (Å²) in [6.07, 6.45) is 4.14. The topological polar surface area (TPSA) is 69.9 Å². The van der Waals surface area contributed by atoms with E-state index in [1.54, 1.807) is 14.2 Å². The minimum absolute atomic E-state index is 0.254. The summed E-state index contributed by atoms with van der Waals surface area (Å²) in [5.74, 6) is -0.970. The molecule has 0 aromatic rings. The van der Waals surface area contributed by atoms with Crippen LogP contribution in [0.1, 0.15) is 38.5 Å². The van der Waals surface area contributed by atoms with Gasteiger partial charge < -0.3 is 14.2 Å². The third-order valence-electron chi connectivity index (χ3n) is 4.98. The summed E-state index contributed by atoms with van der Waals surface area (Å²) in [4.78, 5) is 11.4. The second-order valence-electron chi connectivity index (χ2n) is 5.99. The Morgan fingerprint density at radius 1 is 1.15 bits per heavy atom. The molecular formula is C14H21NO5. The second-order valence-corrected chi connectivity index (χ2v) is 5.99. The highest BCUT2D eigenvalue weighted by Gasteiger charge is 2.68. The number of nitriles is 1. The van der Waals surface area contributed by atoms with Gasteiger partial charge in [0.25, 0.3) is 0 Å². The largest absolute Gasteiger partial charge is 0.379 e. The number of hydrogen-bond donors (Lipinski definition) is 0. The molecule has 4 atom stereocenters. The Kier molecular flexibility index (Phi) is 3.51. The molecule has 2 bridgehead atoms. The van der Waals surface area contributed by atoms with E-state index >= 15 is 0 Å². The van der Waals surface area contributed by atoms with Crippen molar-refractivity contribution in [3.05, 3.63) is 0 Å². The molecular weight excluding hydrogens is 262 g/mol. The van der Waals surface area contributed by atoms with Gasteiger partial charge in [-0.25, -0.2) is 4.89 Å². The van der Waals surface area contributed by atoms with Crippen molar-refractivity contribution in [3.8, 4) is 6.07 Å². The molecule has 20 heavy (non-hydrogen) atoms. The number of rotatable bonds is 3. The number of methoxy groups -OCH3 is 2. The molecule has 112 valence electrons. The van der Waals surface area contributed by atoms with Gasteiger partial charge in [0.05, 0.1) is 11.5 Å². The summed E-state index contributed by atoms with van der Waals surface area (Å²) in [5.41, 5.74) is -1.44. The standard InChI is InChI=1S/C14H21NO5/c1-16-10-13-8-7-12(9-15)5-3-4-6-14(12,20-19-13)11(17-2)18-13/h11H,3-8,10H2,1-2H3/t11-,12+,13-,14+/m0/s1. The normalized spacial score (nSPS) is 47.4. The summed E-state index contributed by atoms with van der Waals surface area (Å²) in [6.45, 7) is 0.254. The van der Waals surface area contributed by atoms with Crippen LogP contribution in [0.5, 0.6) is 0 Å². The van der Waals surface area contributed by atoms with E-state index in [1.807, 2.05) is 0 Å². The molecule has 0 N–H and O–H groups in total. The second kappa shape index (κ2) is 4.93. The molecule has 1 aliphatic carbocycles. The molecule has 6 nitrogen and oxygen atoms in total. The van der Waals surface area contributed by atoms with E-state index in [-0.39, 0.29) is 6.61 Å². The lowest BCUT2D eigenvalue weighted by molar-refractivity contribution is -0.558. The van der Waals surface area contributed by atoms with Crippen molar-refractivity contribution in [2.45, 2.75) is 56.2 Å². The van der Waals surface area contributed by atoms with E-state index in [2.05, 4.69) is 6.07 Å². The Bertz CT molecular complexity index is 424. The monoisotopic (exact) mass is 283 g/mol. The molecule has 1 saturated carbocycles. The fraction of sp³-hybridized carbons (Fsp3) is 0.929. The fourth-order valence-electron chi connectivity index (χ4n) is 3.87. The molecule has 0 aromatic heterocycles. The van der Waals surface area contributed by atoms with Crippen LogP contribution in [0.3, 0.4) is 0 Å². The van der Waals surface area contributed by atoms with Gasteiger partial charge in [0.15, 0.2) is 11.9 Å². The van der Waals surface area contributed by atoms with Crippen molar-refractivity contribution < 1.29 is 24.0 Å². The van der Waals surface area contributed by atoms with Crippen LogP contribution in [-0.2, 0) is 24.0 Å². The quantitative estimate of drug-likeness (QED) is 0.737. The molecule has 3 heterocycles. The Morgan fingerprint density at radius 2 is 1.95 bits per heavy atom. The summed E-state index contributed by atoms with van der Waals surface area (Å²) in [6, 6.07) is 2.50. The molecule has 4 fully saturated rings. The first-order chi connectivity index (χ1) is 9.66. The van der Waals surface area contributed by atoms with Gasteiger partial charge in [-0.15, -0.1) is 0 Å². The van der Waals surface area contributed by atoms with E-state index < -0.39 is 23.1 Å². The molecule has 6 heteroatoms. The Balaban J connectivity index is 2.03. The van der Waals surface area contributed by atoms with E-state index in [9.17, 15) is 5.26 Å². The van der Waals surface area contributed by atoms with Crippen LogP contribution in [0.2, 0.25) is 0 Å². The predicted molar refractivity (Wildman–Crippen MR) is 67.1 cm³/mol. The van der Waals surface area contributed by atoms with Gasteiger partial charge in [0.1, 0.15) is 6.61 Å². The van der Waals surface area contributed by atoms with Gasteiger partial charge in [-0.2, -0.15) is 10.1 Å². The zero-order chi connectivity index (χ0) is 14.3. The summed E-state index contributed by atoms with van der Waals surface area (Å²) < 4.78 is 16.8. The first-order valence-corrected chi connectivity index (χ1v) is 7.14. The Hall–Kier alpha value is -0.710. The van der Waals surface area contributed by atoms with E-state index in [4.69, 9.17) is 24.0 Å². The summed E-state index contributed by atoms with van der Waals surface area (Å²) in [7, 11) is 3.17. The van der Waals surface area contributed by atoms with Crippen LogP contribution in [-0.4, -0.2) is 38.5 Å². The van der Waals surface area contributed by atoms with Crippen molar-refractivity contribution in [1.82, 2.24) is 0 Å². The first kappa shape index (κ1) is 14.2. The van der Waals surface area contributed by atoms with Crippen LogP contribution in [0.15, 0.2) is 0 Å². The van der Waals surface area contributed by atoms with Gasteiger partial charge in [-0.3, -0.25) is 0 Å². The molecule has 4 aliphatic rings. The molecule has 4 rings (SSSR count). The molecule has 0 radical (unpaired) electrons. The van der Waals surface area contributed by atoms with E-state index in [1.165, 1.54) is 0 Å². The third kappa shape index (κ3) is 1.74. The minimum Gasteiger partial charge on any atom is -0.379 e. The highest BCUT2D eigenvalue weighted by Crippen LogP contribution is 2.58. The third-order valence-corrected chi connectivity index (χ3v) is 4.98. The number of ether oxygens (including phenoxy) is 3. The van der Waals surface area contributed by atoms with Crippen molar-refractivity contribution in [1.29, 1.82) is 5.26 Å². The van der Waals surface area contributed by atoms with Crippen molar-refractivity contribution >= 4 is 0 Å². The van der Waals surface area contributed by atoms with Gasteiger partial charge in [-0.05, 0) is 19.3 Å². The van der Waals surface area contributed by atoms with Crippen LogP contribution in [0.25, 0.3) is 0 Å².